The van der Waals surface area contributed by atoms with Crippen LogP contribution in [0.1, 0.15) is 11.1 Å². The van der Waals surface area contributed by atoms with Crippen molar-refractivity contribution in [1.29, 1.82) is 0 Å². The zero-order valence-corrected chi connectivity index (χ0v) is 17.9. The number of urea groups is 1. The molecule has 1 atom stereocenters. The topological polar surface area (TPSA) is 102 Å². The first-order chi connectivity index (χ1) is 15.0. The number of nitrogens with one attached hydrogen (secondary N) is 3. The Hall–Kier alpha value is -3.68. The van der Waals surface area contributed by atoms with Crippen LogP contribution >= 0.6 is 0 Å². The van der Waals surface area contributed by atoms with Gasteiger partial charge in [-0.1, -0.05) is 24.3 Å². The zero-order chi connectivity index (χ0) is 22.2. The van der Waals surface area contributed by atoms with Gasteiger partial charge < -0.3 is 29.8 Å². The van der Waals surface area contributed by atoms with Crippen LogP contribution in [0.5, 0.6) is 11.5 Å². The summed E-state index contributed by atoms with van der Waals surface area (Å²) in [6.07, 6.45) is 2.76. The summed E-state index contributed by atoms with van der Waals surface area (Å²) >= 11 is 0. The van der Waals surface area contributed by atoms with Gasteiger partial charge in [-0.25, -0.2) is 9.59 Å². The Balaban J connectivity index is 1.58. The quantitative estimate of drug-likeness (QED) is 0.458. The molecule has 3 N–H and O–H groups in total. The summed E-state index contributed by atoms with van der Waals surface area (Å²) in [5, 5.41) is 6.51. The molecular weight excluding hydrogens is 398 g/mol. The van der Waals surface area contributed by atoms with Gasteiger partial charge in [-0.2, -0.15) is 0 Å². The minimum Gasteiger partial charge on any atom is -0.493 e. The maximum atomic E-state index is 12.4. The Morgan fingerprint density at radius 1 is 1.03 bits per heavy atom. The normalized spacial score (nSPS) is 11.6. The number of esters is 1. The van der Waals surface area contributed by atoms with Gasteiger partial charge in [0.2, 0.25) is 0 Å². The van der Waals surface area contributed by atoms with Gasteiger partial charge in [0.25, 0.3) is 0 Å². The van der Waals surface area contributed by atoms with Crippen molar-refractivity contribution >= 4 is 22.9 Å². The molecule has 0 saturated heterocycles. The summed E-state index contributed by atoms with van der Waals surface area (Å²) in [5.41, 5.74) is 2.89. The Labute approximate surface area is 180 Å². The van der Waals surface area contributed by atoms with Gasteiger partial charge in [0.05, 0.1) is 21.3 Å². The second-order valence-electron chi connectivity index (χ2n) is 6.98. The van der Waals surface area contributed by atoms with Gasteiger partial charge in [0.15, 0.2) is 11.5 Å². The highest BCUT2D eigenvalue weighted by Crippen LogP contribution is 2.27. The largest absolute Gasteiger partial charge is 0.493 e. The average Bonchev–Trinajstić information content (AvgIpc) is 3.20. The Morgan fingerprint density at radius 2 is 1.81 bits per heavy atom. The van der Waals surface area contributed by atoms with Crippen LogP contribution in [0.25, 0.3) is 10.9 Å². The lowest BCUT2D eigenvalue weighted by atomic mass is 10.1. The van der Waals surface area contributed by atoms with Crippen molar-refractivity contribution in [2.24, 2.45) is 0 Å². The van der Waals surface area contributed by atoms with E-state index in [0.29, 0.717) is 30.9 Å². The number of methoxy groups -OCH3 is 3. The number of hydrogen-bond donors (Lipinski definition) is 3. The molecule has 2 amide bonds. The number of para-hydroxylation sites is 1. The molecule has 1 heterocycles. The molecule has 0 spiro atoms. The summed E-state index contributed by atoms with van der Waals surface area (Å²) in [5.74, 6) is 0.782. The number of aromatic amines is 1. The summed E-state index contributed by atoms with van der Waals surface area (Å²) in [6, 6.07) is 12.2. The van der Waals surface area contributed by atoms with E-state index in [-0.39, 0.29) is 0 Å². The lowest BCUT2D eigenvalue weighted by Gasteiger charge is -2.17. The van der Waals surface area contributed by atoms with Gasteiger partial charge in [-0.05, 0) is 35.7 Å². The maximum absolute atomic E-state index is 12.4. The van der Waals surface area contributed by atoms with Crippen LogP contribution in [0.15, 0.2) is 48.7 Å². The van der Waals surface area contributed by atoms with Gasteiger partial charge in [0, 0.05) is 30.1 Å². The Kier molecular flexibility index (Phi) is 7.37. The number of carbonyl (C=O) groups is 2. The molecule has 1 unspecified atom stereocenters. The van der Waals surface area contributed by atoms with Gasteiger partial charge >= 0.3 is 12.0 Å². The first-order valence-electron chi connectivity index (χ1n) is 9.93. The number of fused-ring (bicyclic) bond motifs is 1. The van der Waals surface area contributed by atoms with E-state index in [2.05, 4.69) is 15.6 Å². The van der Waals surface area contributed by atoms with Crippen molar-refractivity contribution < 1.29 is 23.8 Å². The number of benzene rings is 2. The second-order valence-corrected chi connectivity index (χ2v) is 6.98. The number of amides is 2. The van der Waals surface area contributed by atoms with Gasteiger partial charge in [-0.15, -0.1) is 0 Å². The van der Waals surface area contributed by atoms with Crippen molar-refractivity contribution in [3.8, 4) is 11.5 Å². The van der Waals surface area contributed by atoms with Gasteiger partial charge in [0.1, 0.15) is 6.04 Å². The molecule has 0 aliphatic carbocycles. The predicted molar refractivity (Wildman–Crippen MR) is 118 cm³/mol. The number of hydrogen-bond acceptors (Lipinski definition) is 5. The number of H-pyrrole nitrogens is 1. The molecular formula is C23H27N3O5. The first-order valence-corrected chi connectivity index (χ1v) is 9.93. The van der Waals surface area contributed by atoms with Crippen LogP contribution < -0.4 is 20.1 Å². The average molecular weight is 425 g/mol. The van der Waals surface area contributed by atoms with Crippen molar-refractivity contribution in [2.45, 2.75) is 18.9 Å². The smallest absolute Gasteiger partial charge is 0.328 e. The van der Waals surface area contributed by atoms with E-state index in [9.17, 15) is 9.59 Å². The summed E-state index contributed by atoms with van der Waals surface area (Å²) < 4.78 is 15.4. The summed E-state index contributed by atoms with van der Waals surface area (Å²) in [6.45, 7) is 0.391. The van der Waals surface area contributed by atoms with E-state index in [1.54, 1.807) is 14.2 Å². The van der Waals surface area contributed by atoms with E-state index >= 15 is 0 Å². The fraction of sp³-hybridized carbons (Fsp3) is 0.304. The minimum atomic E-state index is -0.801. The van der Waals surface area contributed by atoms with Crippen LogP contribution in [0, 0.1) is 0 Å². The molecule has 3 aromatic rings. The molecule has 0 bridgehead atoms. The van der Waals surface area contributed by atoms with E-state index in [4.69, 9.17) is 14.2 Å². The number of ether oxygens (including phenoxy) is 3. The molecule has 2 aromatic carbocycles. The SMILES string of the molecule is COC(=O)C(Cc1c[nH]c2ccccc12)NC(=O)NCCc1ccc(OC)c(OC)c1. The zero-order valence-electron chi connectivity index (χ0n) is 17.9. The molecule has 164 valence electrons. The lowest BCUT2D eigenvalue weighted by Crippen LogP contribution is -2.48. The highest BCUT2D eigenvalue weighted by Gasteiger charge is 2.23. The van der Waals surface area contributed by atoms with Crippen LogP contribution in [-0.4, -0.2) is 50.9 Å². The van der Waals surface area contributed by atoms with Crippen molar-refractivity contribution in [3.05, 3.63) is 59.8 Å². The lowest BCUT2D eigenvalue weighted by molar-refractivity contribution is -0.142. The third-order valence-corrected chi connectivity index (χ3v) is 5.04. The maximum Gasteiger partial charge on any atom is 0.328 e. The highest BCUT2D eigenvalue weighted by molar-refractivity contribution is 5.86. The third kappa shape index (κ3) is 5.48. The Morgan fingerprint density at radius 3 is 2.55 bits per heavy atom. The number of aromatic nitrogens is 1. The molecule has 0 aliphatic heterocycles. The third-order valence-electron chi connectivity index (χ3n) is 5.04. The minimum absolute atomic E-state index is 0.319. The van der Waals surface area contributed by atoms with Gasteiger partial charge in [-0.3, -0.25) is 0 Å². The fourth-order valence-electron chi connectivity index (χ4n) is 3.42. The van der Waals surface area contributed by atoms with E-state index in [1.807, 2.05) is 48.7 Å². The molecule has 31 heavy (non-hydrogen) atoms. The molecule has 3 rings (SSSR count). The second kappa shape index (κ2) is 10.4. The van der Waals surface area contributed by atoms with Crippen molar-refractivity contribution in [2.75, 3.05) is 27.9 Å². The number of rotatable bonds is 9. The summed E-state index contributed by atoms with van der Waals surface area (Å²) in [4.78, 5) is 27.8. The summed E-state index contributed by atoms with van der Waals surface area (Å²) in [7, 11) is 4.46. The molecule has 8 nitrogen and oxygen atoms in total. The van der Waals surface area contributed by atoms with Crippen LogP contribution in [0.2, 0.25) is 0 Å². The first kappa shape index (κ1) is 22.0. The molecule has 0 fully saturated rings. The molecule has 0 aliphatic rings. The van der Waals surface area contributed by atoms with Crippen molar-refractivity contribution in [3.63, 3.8) is 0 Å². The van der Waals surface area contributed by atoms with Crippen LogP contribution in [0.4, 0.5) is 4.79 Å². The van der Waals surface area contributed by atoms with Crippen LogP contribution in [0.3, 0.4) is 0 Å². The monoisotopic (exact) mass is 425 g/mol. The highest BCUT2D eigenvalue weighted by atomic mass is 16.5. The standard InChI is InChI=1S/C23H27N3O5/c1-29-20-9-8-15(12-21(20)30-2)10-11-24-23(28)26-19(22(27)31-3)13-16-14-25-18-7-5-4-6-17(16)18/h4-9,12,14,19,25H,10-11,13H2,1-3H3,(H2,24,26,28). The van der Waals surface area contributed by atoms with E-state index in [0.717, 1.165) is 22.0 Å². The number of carbonyl (C=O) groups excluding carboxylic acids is 2. The molecule has 0 saturated carbocycles. The molecule has 1 aromatic heterocycles. The fourth-order valence-corrected chi connectivity index (χ4v) is 3.42. The predicted octanol–water partition coefficient (Wildman–Crippen LogP) is 2.81. The van der Waals surface area contributed by atoms with Crippen LogP contribution in [-0.2, 0) is 22.4 Å². The van der Waals surface area contributed by atoms with E-state index in [1.165, 1.54) is 7.11 Å². The van der Waals surface area contributed by atoms with Crippen molar-refractivity contribution in [1.82, 2.24) is 15.6 Å². The Bertz CT molecular complexity index is 1050. The molecule has 8 heteroatoms. The molecule has 0 radical (unpaired) electrons. The van der Waals surface area contributed by atoms with E-state index < -0.39 is 18.0 Å².